The number of ether oxygens (including phenoxy) is 1. The van der Waals surface area contributed by atoms with E-state index in [1.54, 1.807) is 36.4 Å². The molecule has 0 saturated carbocycles. The van der Waals surface area contributed by atoms with Crippen LogP contribution in [0.2, 0.25) is 15.1 Å². The Balaban J connectivity index is 1.56. The number of amides is 2. The Morgan fingerprint density at radius 2 is 1.93 bits per heavy atom. The first kappa shape index (κ1) is 21.9. The van der Waals surface area contributed by atoms with Crippen LogP contribution in [0.5, 0.6) is 0 Å². The van der Waals surface area contributed by atoms with E-state index >= 15 is 0 Å². The second-order valence-corrected chi connectivity index (χ2v) is 8.31. The van der Waals surface area contributed by atoms with Crippen LogP contribution in [0.1, 0.15) is 6.42 Å². The fourth-order valence-electron chi connectivity index (χ4n) is 2.82. The third-order valence-corrected chi connectivity index (χ3v) is 6.27. The number of rotatable bonds is 5. The van der Waals surface area contributed by atoms with E-state index in [9.17, 15) is 14.4 Å². The van der Waals surface area contributed by atoms with Gasteiger partial charge in [-0.2, -0.15) is 0 Å². The lowest BCUT2D eigenvalue weighted by atomic mass is 10.1. The van der Waals surface area contributed by atoms with Gasteiger partial charge >= 0.3 is 5.97 Å². The monoisotopic (exact) mass is 518 g/mol. The summed E-state index contributed by atoms with van der Waals surface area (Å²) in [5.41, 5.74) is 0.904. The average Bonchev–Trinajstić information content (AvgIpc) is 3.06. The zero-order valence-electron chi connectivity index (χ0n) is 14.8. The Morgan fingerprint density at radius 1 is 1.17 bits per heavy atom. The standard InChI is InChI=1S/C19H14BrCl3N2O4/c20-12-5-4-11(7-14(12)22)24-16(26)9-29-19(28)10-6-17(27)25(8-10)15-3-1-2-13(21)18(15)23/h1-5,7,10H,6,8-9H2,(H,24,26)/t10-/m1/s1. The molecule has 2 aromatic rings. The maximum absolute atomic E-state index is 12.3. The third-order valence-electron chi connectivity index (χ3n) is 4.23. The van der Waals surface area contributed by atoms with Crippen LogP contribution in [0, 0.1) is 5.92 Å². The van der Waals surface area contributed by atoms with Crippen molar-refractivity contribution in [1.82, 2.24) is 0 Å². The number of benzene rings is 2. The van der Waals surface area contributed by atoms with Gasteiger partial charge in [-0.25, -0.2) is 0 Å². The van der Waals surface area contributed by atoms with Gasteiger partial charge in [0.2, 0.25) is 5.91 Å². The van der Waals surface area contributed by atoms with Crippen molar-refractivity contribution in [3.8, 4) is 0 Å². The molecule has 6 nitrogen and oxygen atoms in total. The van der Waals surface area contributed by atoms with E-state index in [0.717, 1.165) is 0 Å². The minimum absolute atomic E-state index is 0.0361. The maximum atomic E-state index is 12.3. The van der Waals surface area contributed by atoms with Crippen LogP contribution in [-0.4, -0.2) is 30.9 Å². The highest BCUT2D eigenvalue weighted by molar-refractivity contribution is 9.10. The van der Waals surface area contributed by atoms with Crippen molar-refractivity contribution in [3.63, 3.8) is 0 Å². The summed E-state index contributed by atoms with van der Waals surface area (Å²) in [6.45, 7) is -0.378. The molecule has 2 aromatic carbocycles. The van der Waals surface area contributed by atoms with Crippen LogP contribution in [-0.2, 0) is 19.1 Å². The molecule has 0 bridgehead atoms. The van der Waals surface area contributed by atoms with E-state index in [1.165, 1.54) is 4.90 Å². The lowest BCUT2D eigenvalue weighted by molar-refractivity contribution is -0.151. The van der Waals surface area contributed by atoms with Crippen molar-refractivity contribution >= 4 is 79.9 Å². The largest absolute Gasteiger partial charge is 0.455 e. The predicted molar refractivity (Wildman–Crippen MR) is 116 cm³/mol. The Labute approximate surface area is 190 Å². The molecule has 0 unspecified atom stereocenters. The molecule has 0 spiro atoms. The van der Waals surface area contributed by atoms with Crippen molar-refractivity contribution in [2.24, 2.45) is 5.92 Å². The first-order chi connectivity index (χ1) is 13.8. The fraction of sp³-hybridized carbons (Fsp3) is 0.211. The number of halogens is 4. The van der Waals surface area contributed by atoms with Gasteiger partial charge in [0.15, 0.2) is 6.61 Å². The maximum Gasteiger partial charge on any atom is 0.311 e. The number of esters is 1. The van der Waals surface area contributed by atoms with Crippen molar-refractivity contribution in [1.29, 1.82) is 0 Å². The van der Waals surface area contributed by atoms with E-state index in [4.69, 9.17) is 39.5 Å². The lowest BCUT2D eigenvalue weighted by Crippen LogP contribution is -2.28. The van der Waals surface area contributed by atoms with Crippen LogP contribution in [0.25, 0.3) is 0 Å². The van der Waals surface area contributed by atoms with Crippen molar-refractivity contribution < 1.29 is 19.1 Å². The quantitative estimate of drug-likeness (QED) is 0.567. The van der Waals surface area contributed by atoms with Crippen LogP contribution in [0.3, 0.4) is 0 Å². The number of hydrogen-bond donors (Lipinski definition) is 1. The van der Waals surface area contributed by atoms with E-state index in [1.807, 2.05) is 0 Å². The van der Waals surface area contributed by atoms with Gasteiger partial charge in [0, 0.05) is 23.1 Å². The minimum Gasteiger partial charge on any atom is -0.455 e. The molecular weight excluding hydrogens is 506 g/mol. The van der Waals surface area contributed by atoms with Gasteiger partial charge in [-0.1, -0.05) is 40.9 Å². The van der Waals surface area contributed by atoms with Gasteiger partial charge in [-0.05, 0) is 46.3 Å². The highest BCUT2D eigenvalue weighted by atomic mass is 79.9. The van der Waals surface area contributed by atoms with Crippen molar-refractivity contribution in [3.05, 3.63) is 55.9 Å². The summed E-state index contributed by atoms with van der Waals surface area (Å²) >= 11 is 21.4. The molecule has 2 amide bonds. The number of nitrogens with zero attached hydrogens (tertiary/aromatic N) is 1. The molecule has 29 heavy (non-hydrogen) atoms. The minimum atomic E-state index is -0.701. The Bertz CT molecular complexity index is 986. The second-order valence-electron chi connectivity index (χ2n) is 6.26. The van der Waals surface area contributed by atoms with Crippen LogP contribution in [0.4, 0.5) is 11.4 Å². The zero-order valence-corrected chi connectivity index (χ0v) is 18.6. The van der Waals surface area contributed by atoms with Gasteiger partial charge in [0.25, 0.3) is 5.91 Å². The average molecular weight is 521 g/mol. The van der Waals surface area contributed by atoms with Gasteiger partial charge in [0.1, 0.15) is 0 Å². The molecule has 10 heteroatoms. The van der Waals surface area contributed by atoms with Crippen LogP contribution >= 0.6 is 50.7 Å². The summed E-state index contributed by atoms with van der Waals surface area (Å²) in [5.74, 6) is -2.13. The van der Waals surface area contributed by atoms with Crippen LogP contribution < -0.4 is 10.2 Å². The number of nitrogens with one attached hydrogen (secondary N) is 1. The topological polar surface area (TPSA) is 75.7 Å². The summed E-state index contributed by atoms with van der Waals surface area (Å²) in [4.78, 5) is 38.0. The Morgan fingerprint density at radius 3 is 2.66 bits per heavy atom. The number of hydrogen-bond acceptors (Lipinski definition) is 4. The molecule has 0 aliphatic carbocycles. The van der Waals surface area contributed by atoms with Gasteiger partial charge in [-0.3, -0.25) is 14.4 Å². The number of anilines is 2. The highest BCUT2D eigenvalue weighted by Crippen LogP contribution is 2.36. The Kier molecular flexibility index (Phi) is 7.05. The molecule has 1 fully saturated rings. The Hall–Kier alpha value is -1.80. The van der Waals surface area contributed by atoms with E-state index in [-0.39, 0.29) is 23.9 Å². The highest BCUT2D eigenvalue weighted by Gasteiger charge is 2.37. The molecular formula is C19H14BrCl3N2O4. The summed E-state index contributed by atoms with van der Waals surface area (Å²) < 4.78 is 5.76. The SMILES string of the molecule is O=C(COC(=O)[C@@H]1CC(=O)N(c2cccc(Cl)c2Cl)C1)Nc1ccc(Br)c(Cl)c1. The van der Waals surface area contributed by atoms with Gasteiger partial charge in [0.05, 0.1) is 26.7 Å². The molecule has 0 radical (unpaired) electrons. The van der Waals surface area contributed by atoms with E-state index < -0.39 is 24.4 Å². The molecule has 152 valence electrons. The normalized spacial score (nSPS) is 16.1. The summed E-state index contributed by atoms with van der Waals surface area (Å²) in [6, 6.07) is 9.82. The fourth-order valence-corrected chi connectivity index (χ4v) is 3.65. The van der Waals surface area contributed by atoms with Gasteiger partial charge in [-0.15, -0.1) is 0 Å². The summed E-state index contributed by atoms with van der Waals surface area (Å²) in [6.07, 6.45) is -0.0361. The van der Waals surface area contributed by atoms with Crippen LogP contribution in [0.15, 0.2) is 40.9 Å². The smallest absolute Gasteiger partial charge is 0.311 e. The molecule has 1 N–H and O–H groups in total. The molecule has 1 aliphatic rings. The van der Waals surface area contributed by atoms with Crippen molar-refractivity contribution in [2.75, 3.05) is 23.4 Å². The molecule has 1 saturated heterocycles. The lowest BCUT2D eigenvalue weighted by Gasteiger charge is -2.18. The van der Waals surface area contributed by atoms with E-state index in [0.29, 0.717) is 25.9 Å². The number of carbonyl (C=O) groups excluding carboxylic acids is 3. The number of carbonyl (C=O) groups is 3. The first-order valence-corrected chi connectivity index (χ1v) is 10.3. The predicted octanol–water partition coefficient (Wildman–Crippen LogP) is 4.94. The van der Waals surface area contributed by atoms with E-state index in [2.05, 4.69) is 21.2 Å². The molecule has 1 atom stereocenters. The second kappa shape index (κ2) is 9.34. The van der Waals surface area contributed by atoms with Gasteiger partial charge < -0.3 is 15.0 Å². The zero-order chi connectivity index (χ0) is 21.1. The summed E-state index contributed by atoms with van der Waals surface area (Å²) in [5, 5.41) is 3.57. The first-order valence-electron chi connectivity index (χ1n) is 8.42. The third kappa shape index (κ3) is 5.22. The molecule has 3 rings (SSSR count). The summed E-state index contributed by atoms with van der Waals surface area (Å²) in [7, 11) is 0. The molecule has 1 heterocycles. The van der Waals surface area contributed by atoms with Crippen molar-refractivity contribution in [2.45, 2.75) is 6.42 Å². The molecule has 1 aliphatic heterocycles. The molecule has 0 aromatic heterocycles.